The minimum atomic E-state index is -0.269. The summed E-state index contributed by atoms with van der Waals surface area (Å²) in [5.41, 5.74) is 8.73. The van der Waals surface area contributed by atoms with Crippen molar-refractivity contribution in [1.82, 2.24) is 4.98 Å². The number of hydrogen-bond acceptors (Lipinski definition) is 1. The van der Waals surface area contributed by atoms with Crippen LogP contribution in [0.5, 0.6) is 0 Å². The minimum Gasteiger partial charge on any atom is -0.259 e. The fourth-order valence-corrected chi connectivity index (χ4v) is 5.21. The topological polar surface area (TPSA) is 32.8 Å². The minimum absolute atomic E-state index is 0.269. The molecule has 1 unspecified atom stereocenters. The van der Waals surface area contributed by atoms with Crippen LogP contribution in [0.4, 0.5) is 0 Å². The molecule has 0 saturated heterocycles. The normalized spacial score (nSPS) is 17.4. The Morgan fingerprint density at radius 1 is 1.07 bits per heavy atom. The molecule has 1 aromatic heterocycles. The van der Waals surface area contributed by atoms with Crippen molar-refractivity contribution in [1.29, 1.82) is 0 Å². The molecule has 2 aromatic carbocycles. The van der Waals surface area contributed by atoms with Gasteiger partial charge in [0.1, 0.15) is 6.61 Å². The second-order valence-electron chi connectivity index (χ2n) is 8.60. The fourth-order valence-electron chi connectivity index (χ4n) is 5.21. The van der Waals surface area contributed by atoms with Crippen LogP contribution in [0.3, 0.4) is 0 Å². The van der Waals surface area contributed by atoms with Gasteiger partial charge in [-0.15, -0.1) is 0 Å². The Labute approximate surface area is 172 Å². The highest BCUT2D eigenvalue weighted by Gasteiger charge is 2.26. The lowest BCUT2D eigenvalue weighted by Crippen LogP contribution is -2.38. The number of aromatic nitrogens is 1. The summed E-state index contributed by atoms with van der Waals surface area (Å²) in [4.78, 5) is 4.24. The molecule has 2 aliphatic rings. The van der Waals surface area contributed by atoms with E-state index in [4.69, 9.17) is 0 Å². The number of benzene rings is 2. The highest BCUT2D eigenvalue weighted by atomic mass is 16.3. The Morgan fingerprint density at radius 2 is 1.93 bits per heavy atom. The van der Waals surface area contributed by atoms with Crippen molar-refractivity contribution in [2.75, 3.05) is 0 Å². The third-order valence-electron chi connectivity index (χ3n) is 6.64. The molecule has 0 amide bonds. The maximum atomic E-state index is 11.4. The molecule has 0 bridgehead atoms. The van der Waals surface area contributed by atoms with Crippen LogP contribution in [0.1, 0.15) is 55.0 Å². The van der Waals surface area contributed by atoms with E-state index in [1.54, 1.807) is 6.20 Å². The Kier molecular flexibility index (Phi) is 4.60. The van der Waals surface area contributed by atoms with Crippen LogP contribution < -0.4 is 10.4 Å². The van der Waals surface area contributed by atoms with Crippen molar-refractivity contribution >= 4 is 11.6 Å². The molecule has 3 aromatic rings. The average molecular weight is 381 g/mol. The van der Waals surface area contributed by atoms with E-state index in [2.05, 4.69) is 67.4 Å². The molecule has 1 radical (unpaired) electrons. The predicted octanol–water partition coefficient (Wildman–Crippen LogP) is 4.75. The zero-order chi connectivity index (χ0) is 20.0. The molecular weight excluding hydrogens is 354 g/mol. The van der Waals surface area contributed by atoms with Gasteiger partial charge in [0.2, 0.25) is 0 Å². The molecule has 1 heterocycles. The quantitative estimate of drug-likeness (QED) is 0.645. The van der Waals surface area contributed by atoms with Gasteiger partial charge in [-0.25, -0.2) is 5.11 Å². The summed E-state index contributed by atoms with van der Waals surface area (Å²) >= 11 is 0. The average Bonchev–Trinajstić information content (AvgIpc) is 2.77. The summed E-state index contributed by atoms with van der Waals surface area (Å²) in [6.45, 7) is 4.40. The van der Waals surface area contributed by atoms with Crippen molar-refractivity contribution in [3.63, 3.8) is 0 Å². The van der Waals surface area contributed by atoms with E-state index >= 15 is 0 Å². The Balaban J connectivity index is 1.86. The zero-order valence-electron chi connectivity index (χ0n) is 17.1. The summed E-state index contributed by atoms with van der Waals surface area (Å²) in [6, 6.07) is 17.5. The lowest BCUT2D eigenvalue weighted by molar-refractivity contribution is 0.174. The molecule has 2 aliphatic carbocycles. The van der Waals surface area contributed by atoms with Crippen LogP contribution >= 0.6 is 0 Å². The number of nitrogens with zero attached hydrogens (tertiary/aromatic N) is 1. The number of hydrogen-bond donors (Lipinski definition) is 0. The van der Waals surface area contributed by atoms with E-state index in [9.17, 15) is 5.11 Å². The molecule has 5 rings (SSSR count). The van der Waals surface area contributed by atoms with Crippen LogP contribution in [-0.2, 0) is 18.1 Å². The first-order valence-electron chi connectivity index (χ1n) is 10.7. The van der Waals surface area contributed by atoms with Gasteiger partial charge >= 0.3 is 0 Å². The second kappa shape index (κ2) is 7.27. The third kappa shape index (κ3) is 3.03. The van der Waals surface area contributed by atoms with Crippen molar-refractivity contribution in [2.24, 2.45) is 5.92 Å². The highest BCUT2D eigenvalue weighted by Crippen LogP contribution is 2.35. The van der Waals surface area contributed by atoms with E-state index in [1.807, 2.05) is 6.07 Å². The monoisotopic (exact) mass is 380 g/mol. The second-order valence-corrected chi connectivity index (χ2v) is 8.60. The van der Waals surface area contributed by atoms with Crippen molar-refractivity contribution < 1.29 is 5.11 Å². The summed E-state index contributed by atoms with van der Waals surface area (Å²) in [6.07, 6.45) is 7.38. The van der Waals surface area contributed by atoms with Crippen LogP contribution in [0, 0.1) is 5.92 Å². The summed E-state index contributed by atoms with van der Waals surface area (Å²) in [5.74, 6) is 1.18. The van der Waals surface area contributed by atoms with Gasteiger partial charge in [-0.3, -0.25) is 4.98 Å². The van der Waals surface area contributed by atoms with E-state index in [1.165, 1.54) is 38.3 Å². The molecule has 29 heavy (non-hydrogen) atoms. The molecule has 145 valence electrons. The van der Waals surface area contributed by atoms with Gasteiger partial charge in [0.25, 0.3) is 0 Å². The number of pyridine rings is 1. The lowest BCUT2D eigenvalue weighted by atomic mass is 9.75. The first kappa shape index (κ1) is 18.3. The Bertz CT molecular complexity index is 1210. The Hall–Kier alpha value is -2.71. The molecule has 0 spiro atoms. The molecule has 1 atom stereocenters. The molecule has 0 N–H and O–H groups in total. The van der Waals surface area contributed by atoms with E-state index in [-0.39, 0.29) is 6.61 Å². The maximum Gasteiger partial charge on any atom is 0.124 e. The third-order valence-corrected chi connectivity index (χ3v) is 6.64. The summed E-state index contributed by atoms with van der Waals surface area (Å²) in [7, 11) is 0. The van der Waals surface area contributed by atoms with Crippen LogP contribution in [0.15, 0.2) is 54.7 Å². The predicted molar refractivity (Wildman–Crippen MR) is 117 cm³/mol. The van der Waals surface area contributed by atoms with Gasteiger partial charge in [-0.05, 0) is 87.1 Å². The fraction of sp³-hybridized carbons (Fsp3) is 0.296. The van der Waals surface area contributed by atoms with Crippen LogP contribution in [0.2, 0.25) is 0 Å². The van der Waals surface area contributed by atoms with Crippen LogP contribution in [0.25, 0.3) is 22.8 Å². The SMILES string of the molecule is CC(C)C1CCC(c2ccnc(C[O])c2)=c2c1ccc1c2=CCc2ccccc2-1. The largest absolute Gasteiger partial charge is 0.259 e. The number of rotatable bonds is 3. The van der Waals surface area contributed by atoms with Gasteiger partial charge in [0, 0.05) is 6.20 Å². The first-order chi connectivity index (χ1) is 14.2. The van der Waals surface area contributed by atoms with Gasteiger partial charge < -0.3 is 0 Å². The molecule has 0 saturated carbocycles. The first-order valence-corrected chi connectivity index (χ1v) is 10.7. The smallest absolute Gasteiger partial charge is 0.124 e. The lowest BCUT2D eigenvalue weighted by Gasteiger charge is -2.30. The maximum absolute atomic E-state index is 11.4. The molecule has 0 fully saturated rings. The van der Waals surface area contributed by atoms with Crippen molar-refractivity contribution in [2.45, 2.75) is 45.6 Å². The van der Waals surface area contributed by atoms with Gasteiger partial charge in [0.05, 0.1) is 5.69 Å². The van der Waals surface area contributed by atoms with Crippen LogP contribution in [-0.4, -0.2) is 4.98 Å². The van der Waals surface area contributed by atoms with Crippen molar-refractivity contribution in [3.8, 4) is 11.1 Å². The molecule has 2 nitrogen and oxygen atoms in total. The van der Waals surface area contributed by atoms with Gasteiger partial charge in [-0.1, -0.05) is 56.3 Å². The van der Waals surface area contributed by atoms with Gasteiger partial charge in [-0.2, -0.15) is 0 Å². The zero-order valence-corrected chi connectivity index (χ0v) is 17.1. The molecular formula is C27H26NO. The highest BCUT2D eigenvalue weighted by molar-refractivity contribution is 5.77. The standard InChI is InChI=1S/C27H26NO/c1-17(2)21-9-10-23(19-13-14-28-20(15-19)16-29)27-25(21)12-11-24-22-6-4-3-5-18(22)7-8-26(24)27/h3-6,8,11-15,17,21H,7,9-10,16H2,1-2H3. The molecule has 2 heteroatoms. The van der Waals surface area contributed by atoms with E-state index < -0.39 is 0 Å². The molecule has 0 aliphatic heterocycles. The van der Waals surface area contributed by atoms with Gasteiger partial charge in [0.15, 0.2) is 0 Å². The number of fused-ring (bicyclic) bond motifs is 5. The summed E-state index contributed by atoms with van der Waals surface area (Å²) < 4.78 is 0. The van der Waals surface area contributed by atoms with E-state index in [0.717, 1.165) is 24.8 Å². The van der Waals surface area contributed by atoms with E-state index in [0.29, 0.717) is 17.5 Å². The summed E-state index contributed by atoms with van der Waals surface area (Å²) in [5, 5.41) is 14.2. The Morgan fingerprint density at radius 3 is 2.76 bits per heavy atom. The van der Waals surface area contributed by atoms with Crippen molar-refractivity contribution in [3.05, 3.63) is 87.5 Å².